The minimum absolute atomic E-state index is 1.47. The average Bonchev–Trinajstić information content (AvgIpc) is 1.76. The van der Waals surface area contributed by atoms with Gasteiger partial charge in [0.25, 0.3) is 0 Å². The lowest BCUT2D eigenvalue weighted by molar-refractivity contribution is 0.949. The van der Waals surface area contributed by atoms with Gasteiger partial charge in [-0.25, -0.2) is 0 Å². The minimum atomic E-state index is 1.47. The molecule has 1 heterocycles. The van der Waals surface area contributed by atoms with Crippen molar-refractivity contribution < 1.29 is 0 Å². The molecule has 5 heavy (non-hydrogen) atoms. The minimum Gasteiger partial charge on any atom is -0.0277 e. The van der Waals surface area contributed by atoms with E-state index in [4.69, 9.17) is 0 Å². The van der Waals surface area contributed by atoms with Crippen LogP contribution < -0.4 is 0 Å². The normalized spacial score (nSPS) is 24.0. The first-order valence-electron chi connectivity index (χ1n) is 2.13. The zero-order chi connectivity index (χ0) is 3.54. The second-order valence-electron chi connectivity index (χ2n) is 1.38. The Hall–Kier alpha value is 0.350. The first kappa shape index (κ1) is 3.54. The molecule has 1 saturated heterocycles. The highest BCUT2D eigenvalue weighted by Crippen LogP contribution is 1.99. The number of rotatable bonds is 0. The second-order valence-corrected chi connectivity index (χ2v) is 2.72. The zero-order valence-corrected chi connectivity index (χ0v) is 4.17. The summed E-state index contributed by atoms with van der Waals surface area (Å²) in [5.74, 6) is 2.94. The molecule has 0 saturated carbocycles. The molecule has 0 aromatic carbocycles. The molecule has 1 aliphatic heterocycles. The third kappa shape index (κ3) is 0.839. The molecule has 0 amide bonds. The maximum absolute atomic E-state index is 1.69. The molecule has 0 bridgehead atoms. The summed E-state index contributed by atoms with van der Waals surface area (Å²) in [5, 5.41) is 0. The Balaban J connectivity index is 2.08. The average molecular weight is 89.2 g/mol. The molecule has 0 N–H and O–H groups in total. The second kappa shape index (κ2) is 1.71. The summed E-state index contributed by atoms with van der Waals surface area (Å²) in [6, 6.07) is 0. The fourth-order valence-electron chi connectivity index (χ4n) is 0.559. The van der Waals surface area contributed by atoms with Crippen molar-refractivity contribution in [3.63, 3.8) is 0 Å². The molecule has 1 rings (SSSR count). The molecule has 0 unspecified atom stereocenters. The molecule has 30 valence electrons. The number of hydrogen-bond acceptors (Lipinski definition) is 0. The van der Waals surface area contributed by atoms with Gasteiger partial charge in [0.2, 0.25) is 0 Å². The monoisotopic (exact) mass is 89.0 g/mol. The van der Waals surface area contributed by atoms with Crippen molar-refractivity contribution in [3.05, 3.63) is 0 Å². The van der Waals surface area contributed by atoms with E-state index in [0.717, 1.165) is 0 Å². The predicted molar refractivity (Wildman–Crippen MR) is 27.7 cm³/mol. The van der Waals surface area contributed by atoms with Gasteiger partial charge in [-0.15, -0.1) is 0 Å². The van der Waals surface area contributed by atoms with Crippen LogP contribution in [0.3, 0.4) is 0 Å². The van der Waals surface area contributed by atoms with Gasteiger partial charge >= 0.3 is 0 Å². The Morgan fingerprint density at radius 2 is 1.60 bits per heavy atom. The Morgan fingerprint density at radius 1 is 1.00 bits per heavy atom. The fourth-order valence-corrected chi connectivity index (χ4v) is 1.68. The SMILES string of the molecule is C1CC[SH+]C1. The smallest absolute Gasteiger partial charge is 0.0277 e. The lowest BCUT2D eigenvalue weighted by atomic mass is 10.4. The largest absolute Gasteiger partial charge is 0.106 e. The van der Waals surface area contributed by atoms with E-state index in [1.165, 1.54) is 24.3 Å². The highest BCUT2D eigenvalue weighted by molar-refractivity contribution is 7.78. The van der Waals surface area contributed by atoms with Gasteiger partial charge in [0.05, 0.1) is 0 Å². The first-order chi connectivity index (χ1) is 2.50. The van der Waals surface area contributed by atoms with Crippen LogP contribution in [0.1, 0.15) is 12.8 Å². The molecule has 0 spiro atoms. The molecule has 0 radical (unpaired) electrons. The summed E-state index contributed by atoms with van der Waals surface area (Å²) < 4.78 is 0. The Bertz CT molecular complexity index is 15.2. The van der Waals surface area contributed by atoms with E-state index < -0.39 is 0 Å². The van der Waals surface area contributed by atoms with Crippen LogP contribution in [0.15, 0.2) is 0 Å². The van der Waals surface area contributed by atoms with Crippen molar-refractivity contribution in [3.8, 4) is 0 Å². The predicted octanol–water partition coefficient (Wildman–Crippen LogP) is 0.595. The summed E-state index contributed by atoms with van der Waals surface area (Å²) >= 11 is 1.69. The molecule has 1 heteroatoms. The zero-order valence-electron chi connectivity index (χ0n) is 3.28. The van der Waals surface area contributed by atoms with Crippen LogP contribution in [0.4, 0.5) is 0 Å². The maximum atomic E-state index is 1.69. The molecular formula is C4H9S+. The molecule has 0 nitrogen and oxygen atoms in total. The Labute approximate surface area is 37.0 Å². The summed E-state index contributed by atoms with van der Waals surface area (Å²) in [5.41, 5.74) is 0. The van der Waals surface area contributed by atoms with Crippen molar-refractivity contribution in [2.24, 2.45) is 0 Å². The molecule has 0 aromatic rings. The van der Waals surface area contributed by atoms with Crippen molar-refractivity contribution in [1.29, 1.82) is 0 Å². The summed E-state index contributed by atoms with van der Waals surface area (Å²) in [7, 11) is 0. The van der Waals surface area contributed by atoms with E-state index in [0.29, 0.717) is 0 Å². The highest BCUT2D eigenvalue weighted by atomic mass is 32.2. The van der Waals surface area contributed by atoms with Crippen molar-refractivity contribution >= 4 is 11.8 Å². The van der Waals surface area contributed by atoms with Crippen LogP contribution in [-0.4, -0.2) is 11.5 Å². The van der Waals surface area contributed by atoms with Crippen molar-refractivity contribution in [2.45, 2.75) is 12.8 Å². The highest BCUT2D eigenvalue weighted by Gasteiger charge is 2.04. The molecule has 0 aromatic heterocycles. The van der Waals surface area contributed by atoms with E-state index in [9.17, 15) is 0 Å². The Morgan fingerprint density at radius 3 is 1.80 bits per heavy atom. The third-order valence-electron chi connectivity index (χ3n) is 0.882. The van der Waals surface area contributed by atoms with E-state index in [-0.39, 0.29) is 0 Å². The lowest BCUT2D eigenvalue weighted by Gasteiger charge is -1.59. The summed E-state index contributed by atoms with van der Waals surface area (Å²) in [4.78, 5) is 0. The quantitative estimate of drug-likeness (QED) is 0.301. The van der Waals surface area contributed by atoms with E-state index in [2.05, 4.69) is 0 Å². The van der Waals surface area contributed by atoms with Crippen LogP contribution in [-0.2, 0) is 11.8 Å². The van der Waals surface area contributed by atoms with Gasteiger partial charge in [-0.3, -0.25) is 0 Å². The maximum Gasteiger partial charge on any atom is 0.106 e. The van der Waals surface area contributed by atoms with Gasteiger partial charge in [0.15, 0.2) is 0 Å². The van der Waals surface area contributed by atoms with Gasteiger partial charge in [-0.05, 0) is 24.6 Å². The van der Waals surface area contributed by atoms with Gasteiger partial charge in [0.1, 0.15) is 11.5 Å². The topological polar surface area (TPSA) is 0 Å². The van der Waals surface area contributed by atoms with E-state index in [1.54, 1.807) is 11.8 Å². The van der Waals surface area contributed by atoms with Gasteiger partial charge < -0.3 is 0 Å². The van der Waals surface area contributed by atoms with Gasteiger partial charge in [0, 0.05) is 0 Å². The van der Waals surface area contributed by atoms with Crippen LogP contribution in [0, 0.1) is 0 Å². The third-order valence-corrected chi connectivity index (χ3v) is 2.15. The van der Waals surface area contributed by atoms with Crippen LogP contribution >= 0.6 is 0 Å². The van der Waals surface area contributed by atoms with E-state index >= 15 is 0 Å². The van der Waals surface area contributed by atoms with Gasteiger partial charge in [-0.1, -0.05) is 0 Å². The Kier molecular flexibility index (Phi) is 1.21. The first-order valence-corrected chi connectivity index (χ1v) is 3.40. The standard InChI is InChI=1S/C4H8S/c1-2-4-5-3-1/h1-4H2/p+1. The fraction of sp³-hybridized carbons (Fsp3) is 1.00. The van der Waals surface area contributed by atoms with Crippen molar-refractivity contribution in [2.75, 3.05) is 11.5 Å². The molecule has 1 fully saturated rings. The number of hydrogen-bond donors (Lipinski definition) is 0. The molecule has 1 aliphatic rings. The summed E-state index contributed by atoms with van der Waals surface area (Å²) in [6.07, 6.45) is 2.98. The van der Waals surface area contributed by atoms with Crippen LogP contribution in [0.25, 0.3) is 0 Å². The van der Waals surface area contributed by atoms with Crippen molar-refractivity contribution in [1.82, 2.24) is 0 Å². The van der Waals surface area contributed by atoms with E-state index in [1.807, 2.05) is 0 Å². The summed E-state index contributed by atoms with van der Waals surface area (Å²) in [6.45, 7) is 0. The van der Waals surface area contributed by atoms with Crippen LogP contribution in [0.5, 0.6) is 0 Å². The molecule has 0 atom stereocenters. The molecular weight excluding hydrogens is 80.1 g/mol. The van der Waals surface area contributed by atoms with Crippen LogP contribution in [0.2, 0.25) is 0 Å². The lowest BCUT2D eigenvalue weighted by Crippen LogP contribution is -1.72. The molecule has 0 aliphatic carbocycles. The van der Waals surface area contributed by atoms with Gasteiger partial charge in [-0.2, -0.15) is 0 Å². The number of thiol groups is 1.